The lowest BCUT2D eigenvalue weighted by molar-refractivity contribution is -0.137. The Hall–Kier alpha value is -2.65. The molecule has 0 bridgehead atoms. The van der Waals surface area contributed by atoms with Gasteiger partial charge in [0, 0.05) is 19.5 Å². The van der Waals surface area contributed by atoms with Crippen LogP contribution < -0.4 is 15.4 Å². The van der Waals surface area contributed by atoms with Crippen molar-refractivity contribution in [1.29, 1.82) is 0 Å². The molecule has 4 atom stereocenters. The van der Waals surface area contributed by atoms with Gasteiger partial charge in [-0.25, -0.2) is 28.1 Å². The average molecular weight is 427 g/mol. The van der Waals surface area contributed by atoms with Gasteiger partial charge in [-0.1, -0.05) is 6.58 Å². The third-order valence-electron chi connectivity index (χ3n) is 4.37. The van der Waals surface area contributed by atoms with Gasteiger partial charge in [0.1, 0.15) is 18.0 Å². The Morgan fingerprint density at radius 2 is 2.07 bits per heavy atom. The van der Waals surface area contributed by atoms with E-state index in [0.29, 0.717) is 11.3 Å². The molecule has 5 N–H and O–H groups in total. The SMILES string of the molecule is C=CS(=O)(=O)NCc1nc(NC)c2ncn(C3O[C@H](C(=O)NC)C(O)C3O)c2n1. The molecule has 0 spiro atoms. The molecular formula is C15H21N7O6S. The maximum atomic E-state index is 11.9. The number of imidazole rings is 1. The summed E-state index contributed by atoms with van der Waals surface area (Å²) in [5, 5.41) is 26.5. The number of rotatable bonds is 7. The number of likely N-dealkylation sites (N-methyl/N-ethyl adjacent to an activating group) is 1. The first kappa shape index (κ1) is 21.1. The topological polar surface area (TPSA) is 181 Å². The van der Waals surface area contributed by atoms with Gasteiger partial charge >= 0.3 is 0 Å². The van der Waals surface area contributed by atoms with Crippen LogP contribution in [0.15, 0.2) is 18.3 Å². The van der Waals surface area contributed by atoms with Crippen LogP contribution in [0.5, 0.6) is 0 Å². The number of nitrogens with one attached hydrogen (secondary N) is 3. The number of aromatic nitrogens is 4. The Balaban J connectivity index is 2.00. The van der Waals surface area contributed by atoms with Crippen LogP contribution in [0, 0.1) is 0 Å². The van der Waals surface area contributed by atoms with Gasteiger partial charge in [0.05, 0.1) is 12.9 Å². The predicted molar refractivity (Wildman–Crippen MR) is 101 cm³/mol. The van der Waals surface area contributed by atoms with Crippen molar-refractivity contribution in [1.82, 2.24) is 29.6 Å². The number of hydrogen-bond acceptors (Lipinski definition) is 10. The van der Waals surface area contributed by atoms with Crippen molar-refractivity contribution in [3.8, 4) is 0 Å². The molecule has 0 radical (unpaired) electrons. The van der Waals surface area contributed by atoms with Crippen LogP contribution in [0.3, 0.4) is 0 Å². The van der Waals surface area contributed by atoms with Crippen LogP contribution in [-0.4, -0.2) is 76.5 Å². The van der Waals surface area contributed by atoms with Crippen LogP contribution in [0.1, 0.15) is 12.1 Å². The molecule has 158 valence electrons. The summed E-state index contributed by atoms with van der Waals surface area (Å²) in [6, 6.07) is 0. The normalized spacial score (nSPS) is 24.6. The number of carbonyl (C=O) groups is 1. The second-order valence-electron chi connectivity index (χ2n) is 6.14. The summed E-state index contributed by atoms with van der Waals surface area (Å²) in [5.74, 6) is -0.157. The highest BCUT2D eigenvalue weighted by Gasteiger charge is 2.47. The number of nitrogens with zero attached hydrogens (tertiary/aromatic N) is 4. The minimum absolute atomic E-state index is 0.116. The maximum Gasteiger partial charge on any atom is 0.251 e. The molecule has 1 amide bonds. The molecule has 1 aliphatic rings. The van der Waals surface area contributed by atoms with E-state index in [2.05, 4.69) is 36.9 Å². The molecule has 3 unspecified atom stereocenters. The summed E-state index contributed by atoms with van der Waals surface area (Å²) in [4.78, 5) is 24.6. The molecule has 1 aliphatic heterocycles. The Kier molecular flexibility index (Phi) is 5.81. The van der Waals surface area contributed by atoms with E-state index in [1.165, 1.54) is 17.9 Å². The van der Waals surface area contributed by atoms with Crippen molar-refractivity contribution < 1.29 is 28.2 Å². The largest absolute Gasteiger partial charge is 0.387 e. The van der Waals surface area contributed by atoms with E-state index in [1.807, 2.05) is 0 Å². The lowest BCUT2D eigenvalue weighted by Gasteiger charge is -2.17. The minimum atomic E-state index is -3.69. The number of ether oxygens (including phenoxy) is 1. The van der Waals surface area contributed by atoms with Crippen LogP contribution in [0.25, 0.3) is 11.2 Å². The second-order valence-corrected chi connectivity index (χ2v) is 7.85. The smallest absolute Gasteiger partial charge is 0.251 e. The molecular weight excluding hydrogens is 406 g/mol. The van der Waals surface area contributed by atoms with Crippen LogP contribution >= 0.6 is 0 Å². The molecule has 3 heterocycles. The molecule has 14 heteroatoms. The lowest BCUT2D eigenvalue weighted by atomic mass is 10.1. The lowest BCUT2D eigenvalue weighted by Crippen LogP contribution is -2.41. The number of amides is 1. The fraction of sp³-hybridized carbons (Fsp3) is 0.467. The van der Waals surface area contributed by atoms with Crippen LogP contribution in [0.4, 0.5) is 5.82 Å². The standard InChI is InChI=1S/C15H21N7O6S/c1-4-29(26,27)19-5-7-20-12(16-2)8-13(21-7)22(6-18-8)15-10(24)9(23)11(28-15)14(25)17-3/h4,6,9-11,15,19,23-24H,1,5H2,2-3H3,(H,17,25)(H,16,20,21)/t9?,10?,11-,15?/m0/s1. The summed E-state index contributed by atoms with van der Waals surface area (Å²) >= 11 is 0. The molecule has 1 fully saturated rings. The highest BCUT2D eigenvalue weighted by molar-refractivity contribution is 7.92. The zero-order chi connectivity index (χ0) is 21.3. The third-order valence-corrected chi connectivity index (χ3v) is 5.36. The zero-order valence-electron chi connectivity index (χ0n) is 15.6. The van der Waals surface area contributed by atoms with Gasteiger partial charge in [-0.15, -0.1) is 0 Å². The average Bonchev–Trinajstić information content (AvgIpc) is 3.26. The molecule has 2 aromatic rings. The summed E-state index contributed by atoms with van der Waals surface area (Å²) in [7, 11) is -0.705. The van der Waals surface area contributed by atoms with Crippen molar-refractivity contribution in [2.75, 3.05) is 19.4 Å². The number of sulfonamides is 1. The van der Waals surface area contributed by atoms with Gasteiger partial charge in [0.15, 0.2) is 29.3 Å². The number of fused-ring (bicyclic) bond motifs is 1. The second kappa shape index (κ2) is 8.00. The van der Waals surface area contributed by atoms with Crippen LogP contribution in [-0.2, 0) is 26.1 Å². The number of aliphatic hydroxyl groups excluding tert-OH is 2. The van der Waals surface area contributed by atoms with E-state index in [-0.39, 0.29) is 18.0 Å². The van der Waals surface area contributed by atoms with E-state index in [0.717, 1.165) is 5.41 Å². The first-order valence-corrected chi connectivity index (χ1v) is 10.0. The summed E-state index contributed by atoms with van der Waals surface area (Å²) in [6.07, 6.45) is -3.98. The van der Waals surface area contributed by atoms with Gasteiger partial charge in [0.2, 0.25) is 10.0 Å². The van der Waals surface area contributed by atoms with Crippen molar-refractivity contribution >= 4 is 32.9 Å². The summed E-state index contributed by atoms with van der Waals surface area (Å²) in [5.41, 5.74) is 0.544. The van der Waals surface area contributed by atoms with Gasteiger partial charge < -0.3 is 25.6 Å². The van der Waals surface area contributed by atoms with Crippen molar-refractivity contribution in [2.24, 2.45) is 0 Å². The Morgan fingerprint density at radius 3 is 2.69 bits per heavy atom. The molecule has 0 aromatic carbocycles. The van der Waals surface area contributed by atoms with Crippen LogP contribution in [0.2, 0.25) is 0 Å². The number of carbonyl (C=O) groups excluding carboxylic acids is 1. The molecule has 3 rings (SSSR count). The molecule has 13 nitrogen and oxygen atoms in total. The number of anilines is 1. The molecule has 1 saturated heterocycles. The van der Waals surface area contributed by atoms with Crippen molar-refractivity contribution in [3.63, 3.8) is 0 Å². The van der Waals surface area contributed by atoms with Crippen molar-refractivity contribution in [2.45, 2.75) is 31.1 Å². The van der Waals surface area contributed by atoms with Gasteiger partial charge in [-0.05, 0) is 0 Å². The van der Waals surface area contributed by atoms with Gasteiger partial charge in [0.25, 0.3) is 5.91 Å². The monoisotopic (exact) mass is 427 g/mol. The van der Waals surface area contributed by atoms with Gasteiger partial charge in [-0.2, -0.15) is 0 Å². The molecule has 0 saturated carbocycles. The van der Waals surface area contributed by atoms with E-state index >= 15 is 0 Å². The quantitative estimate of drug-likeness (QED) is 0.325. The Labute approximate surface area is 165 Å². The first-order chi connectivity index (χ1) is 13.7. The van der Waals surface area contributed by atoms with Gasteiger partial charge in [-0.3, -0.25) is 9.36 Å². The maximum absolute atomic E-state index is 11.9. The van der Waals surface area contributed by atoms with E-state index < -0.39 is 40.5 Å². The Bertz CT molecular complexity index is 1040. The number of aliphatic hydroxyl groups is 2. The fourth-order valence-electron chi connectivity index (χ4n) is 2.87. The highest BCUT2D eigenvalue weighted by atomic mass is 32.2. The molecule has 29 heavy (non-hydrogen) atoms. The van der Waals surface area contributed by atoms with E-state index in [9.17, 15) is 23.4 Å². The fourth-order valence-corrected chi connectivity index (χ4v) is 3.32. The van der Waals surface area contributed by atoms with E-state index in [1.54, 1.807) is 7.05 Å². The predicted octanol–water partition coefficient (Wildman–Crippen LogP) is -2.20. The third kappa shape index (κ3) is 3.92. The van der Waals surface area contributed by atoms with Crippen molar-refractivity contribution in [3.05, 3.63) is 24.1 Å². The summed E-state index contributed by atoms with van der Waals surface area (Å²) in [6.45, 7) is 2.99. The van der Waals surface area contributed by atoms with E-state index in [4.69, 9.17) is 4.74 Å². The first-order valence-electron chi connectivity index (χ1n) is 8.49. The Morgan fingerprint density at radius 1 is 1.34 bits per heavy atom. The summed E-state index contributed by atoms with van der Waals surface area (Å²) < 4.78 is 32.3. The minimum Gasteiger partial charge on any atom is -0.387 e. The highest BCUT2D eigenvalue weighted by Crippen LogP contribution is 2.32. The number of hydrogen-bond donors (Lipinski definition) is 5. The molecule has 0 aliphatic carbocycles. The molecule has 2 aromatic heterocycles. The zero-order valence-corrected chi connectivity index (χ0v) is 16.4.